The number of sulfone groups is 1. The van der Waals surface area contributed by atoms with E-state index in [0.29, 0.717) is 0 Å². The molecule has 0 radical (unpaired) electrons. The van der Waals surface area contributed by atoms with Gasteiger partial charge in [-0.25, -0.2) is 8.42 Å². The maximum atomic E-state index is 13.4. The number of carbonyl (C=O) groups excluding carboxylic acids is 6. The fraction of sp³-hybridized carbons (Fsp3) is 0.357. The minimum atomic E-state index is -4.33. The minimum Gasteiger partial charge on any atom is -0.371 e. The number of fused-ring (bicyclic) bond motifs is 2. The SMILES string of the molecule is CC(C)OCC(=O)C1C(=O)c2ccc(S(=O)(=O)c3ccc4c(c3)C(=O)C(C(=O)COC(C)C)C4=O)cc2C1=O. The van der Waals surface area contributed by atoms with Crippen molar-refractivity contribution in [3.63, 3.8) is 0 Å². The van der Waals surface area contributed by atoms with Crippen molar-refractivity contribution in [2.45, 2.75) is 49.7 Å². The highest BCUT2D eigenvalue weighted by Gasteiger charge is 2.45. The quantitative estimate of drug-likeness (QED) is 0.400. The number of carbonyl (C=O) groups is 6. The number of benzene rings is 2. The van der Waals surface area contributed by atoms with Crippen molar-refractivity contribution < 1.29 is 46.7 Å². The summed E-state index contributed by atoms with van der Waals surface area (Å²) in [6.07, 6.45) is -0.591. The summed E-state index contributed by atoms with van der Waals surface area (Å²) in [6, 6.07) is 6.66. The van der Waals surface area contributed by atoms with E-state index in [1.165, 1.54) is 12.1 Å². The lowest BCUT2D eigenvalue weighted by molar-refractivity contribution is -0.127. The first-order valence-electron chi connectivity index (χ1n) is 12.2. The van der Waals surface area contributed by atoms with Crippen LogP contribution in [-0.4, -0.2) is 68.5 Å². The topological polar surface area (TPSA) is 155 Å². The van der Waals surface area contributed by atoms with Gasteiger partial charge in [0.1, 0.15) is 25.0 Å². The zero-order valence-electron chi connectivity index (χ0n) is 21.7. The average Bonchev–Trinajstić information content (AvgIpc) is 3.29. The van der Waals surface area contributed by atoms with Crippen molar-refractivity contribution >= 4 is 44.5 Å². The molecule has 0 heterocycles. The van der Waals surface area contributed by atoms with Crippen LogP contribution in [0.2, 0.25) is 0 Å². The van der Waals surface area contributed by atoms with E-state index in [2.05, 4.69) is 0 Å². The van der Waals surface area contributed by atoms with Crippen LogP contribution in [-0.2, 0) is 28.9 Å². The van der Waals surface area contributed by atoms with Gasteiger partial charge in [-0.15, -0.1) is 0 Å². The highest BCUT2D eigenvalue weighted by Crippen LogP contribution is 2.34. The monoisotopic (exact) mass is 554 g/mol. The third-order valence-electron chi connectivity index (χ3n) is 6.48. The van der Waals surface area contributed by atoms with Gasteiger partial charge >= 0.3 is 0 Å². The van der Waals surface area contributed by atoms with E-state index in [4.69, 9.17) is 9.47 Å². The van der Waals surface area contributed by atoms with Gasteiger partial charge in [0, 0.05) is 22.3 Å². The van der Waals surface area contributed by atoms with Gasteiger partial charge in [-0.2, -0.15) is 0 Å². The zero-order chi connectivity index (χ0) is 28.8. The number of ketones is 6. The Morgan fingerprint density at radius 1 is 0.641 bits per heavy atom. The Morgan fingerprint density at radius 3 is 1.31 bits per heavy atom. The third-order valence-corrected chi connectivity index (χ3v) is 8.22. The summed E-state index contributed by atoms with van der Waals surface area (Å²) in [5.74, 6) is -7.73. The summed E-state index contributed by atoms with van der Waals surface area (Å²) in [6.45, 7) is 5.90. The minimum absolute atomic E-state index is 0.0680. The normalized spacial score (nSPS) is 18.7. The van der Waals surface area contributed by atoms with Crippen LogP contribution in [0.5, 0.6) is 0 Å². The number of Topliss-reactive ketones (excluding diaryl/α,β-unsaturated/α-hetero) is 6. The van der Waals surface area contributed by atoms with Gasteiger partial charge in [0.2, 0.25) is 9.84 Å². The van der Waals surface area contributed by atoms with Crippen LogP contribution in [0.4, 0.5) is 0 Å². The molecule has 2 aromatic rings. The van der Waals surface area contributed by atoms with Gasteiger partial charge in [0.25, 0.3) is 0 Å². The van der Waals surface area contributed by atoms with E-state index in [0.717, 1.165) is 24.3 Å². The summed E-state index contributed by atoms with van der Waals surface area (Å²) >= 11 is 0. The molecule has 2 aliphatic rings. The largest absolute Gasteiger partial charge is 0.371 e. The molecule has 0 aromatic heterocycles. The van der Waals surface area contributed by atoms with E-state index in [-0.39, 0.29) is 44.3 Å². The molecule has 204 valence electrons. The summed E-state index contributed by atoms with van der Waals surface area (Å²) in [5, 5.41) is 0. The smallest absolute Gasteiger partial charge is 0.206 e. The van der Waals surface area contributed by atoms with Crippen LogP contribution >= 0.6 is 0 Å². The van der Waals surface area contributed by atoms with Crippen LogP contribution in [0.3, 0.4) is 0 Å². The van der Waals surface area contributed by atoms with Gasteiger partial charge in [0.05, 0.1) is 22.0 Å². The molecule has 10 nitrogen and oxygen atoms in total. The molecule has 4 rings (SSSR count). The predicted molar refractivity (Wildman–Crippen MR) is 135 cm³/mol. The van der Waals surface area contributed by atoms with Gasteiger partial charge in [-0.3, -0.25) is 28.8 Å². The Hall–Kier alpha value is -3.67. The second-order valence-electron chi connectivity index (χ2n) is 9.89. The molecule has 0 spiro atoms. The van der Waals surface area contributed by atoms with Crippen LogP contribution in [0, 0.1) is 11.8 Å². The standard InChI is InChI=1S/C28H26O10S/c1-13(2)37-11-21(29)23-25(31)17-7-5-15(9-19(17)27(23)33)39(35,36)16-6-8-18-20(10-16)28(34)24(26(18)32)22(30)12-38-14(3)4/h5-10,13-14,23-24H,11-12H2,1-4H3. The molecule has 0 saturated carbocycles. The van der Waals surface area contributed by atoms with Crippen LogP contribution < -0.4 is 0 Å². The van der Waals surface area contributed by atoms with E-state index in [1.54, 1.807) is 27.7 Å². The molecule has 2 atom stereocenters. The lowest BCUT2D eigenvalue weighted by atomic mass is 9.99. The van der Waals surface area contributed by atoms with Crippen LogP contribution in [0.1, 0.15) is 69.1 Å². The van der Waals surface area contributed by atoms with Gasteiger partial charge < -0.3 is 9.47 Å². The van der Waals surface area contributed by atoms with Crippen molar-refractivity contribution in [1.29, 1.82) is 0 Å². The Morgan fingerprint density at radius 2 is 0.974 bits per heavy atom. The molecule has 0 fully saturated rings. The summed E-state index contributed by atoms with van der Waals surface area (Å²) in [5.41, 5.74) is -0.539. The molecular formula is C28H26O10S. The lowest BCUT2D eigenvalue weighted by Gasteiger charge is -2.09. The molecule has 11 heteroatoms. The Kier molecular flexibility index (Phi) is 7.61. The molecule has 0 aliphatic heterocycles. The average molecular weight is 555 g/mol. The van der Waals surface area contributed by atoms with Gasteiger partial charge in [0.15, 0.2) is 34.7 Å². The first-order chi connectivity index (χ1) is 18.2. The molecule has 2 aliphatic carbocycles. The highest BCUT2D eigenvalue weighted by atomic mass is 32.2. The van der Waals surface area contributed by atoms with Gasteiger partial charge in [-0.1, -0.05) is 0 Å². The zero-order valence-corrected chi connectivity index (χ0v) is 22.5. The van der Waals surface area contributed by atoms with E-state index in [1.807, 2.05) is 0 Å². The first-order valence-corrected chi connectivity index (χ1v) is 13.7. The molecular weight excluding hydrogens is 528 g/mol. The van der Waals surface area contributed by atoms with Crippen molar-refractivity contribution in [3.8, 4) is 0 Å². The number of ether oxygens (including phenoxy) is 2. The molecule has 0 saturated heterocycles. The Balaban J connectivity index is 1.63. The van der Waals surface area contributed by atoms with Crippen molar-refractivity contribution in [2.24, 2.45) is 11.8 Å². The third kappa shape index (κ3) is 5.05. The molecule has 0 bridgehead atoms. The maximum Gasteiger partial charge on any atom is 0.206 e. The van der Waals surface area contributed by atoms with Crippen LogP contribution in [0.15, 0.2) is 46.2 Å². The van der Waals surface area contributed by atoms with Crippen molar-refractivity contribution in [3.05, 3.63) is 58.7 Å². The molecule has 0 amide bonds. The highest BCUT2D eigenvalue weighted by molar-refractivity contribution is 7.91. The Labute approximate surface area is 224 Å². The summed E-state index contributed by atoms with van der Waals surface area (Å²) in [4.78, 5) is 75.6. The number of hydrogen-bond donors (Lipinski definition) is 0. The summed E-state index contributed by atoms with van der Waals surface area (Å²) in [7, 11) is -4.33. The second kappa shape index (κ2) is 10.5. The fourth-order valence-electron chi connectivity index (χ4n) is 4.46. The summed E-state index contributed by atoms with van der Waals surface area (Å²) < 4.78 is 37.3. The van der Waals surface area contributed by atoms with E-state index >= 15 is 0 Å². The van der Waals surface area contributed by atoms with Gasteiger partial charge in [-0.05, 0) is 64.1 Å². The van der Waals surface area contributed by atoms with Crippen molar-refractivity contribution in [2.75, 3.05) is 13.2 Å². The molecule has 0 N–H and O–H groups in total. The maximum absolute atomic E-state index is 13.4. The Bertz CT molecular complexity index is 1440. The second-order valence-corrected chi connectivity index (χ2v) is 11.8. The number of hydrogen-bond acceptors (Lipinski definition) is 10. The van der Waals surface area contributed by atoms with Crippen LogP contribution in [0.25, 0.3) is 0 Å². The molecule has 39 heavy (non-hydrogen) atoms. The van der Waals surface area contributed by atoms with Crippen molar-refractivity contribution in [1.82, 2.24) is 0 Å². The van der Waals surface area contributed by atoms with E-state index in [9.17, 15) is 37.2 Å². The molecule has 2 aromatic carbocycles. The molecule has 2 unspecified atom stereocenters. The van der Waals surface area contributed by atoms with E-state index < -0.39 is 69.6 Å². The predicted octanol–water partition coefficient (Wildman–Crippen LogP) is 2.50. The first kappa shape index (κ1) is 28.3. The number of rotatable bonds is 10. The lowest BCUT2D eigenvalue weighted by Crippen LogP contribution is -2.29. The fourth-order valence-corrected chi connectivity index (χ4v) is 5.78.